The first-order chi connectivity index (χ1) is 6.25. The lowest BCUT2D eigenvalue weighted by Gasteiger charge is -2.03. The third kappa shape index (κ3) is 2.47. The van der Waals surface area contributed by atoms with Crippen molar-refractivity contribution in [2.45, 2.75) is 6.42 Å². The molecule has 1 amide bonds. The fraction of sp³-hybridized carbons (Fsp3) is 0.300. The van der Waals surface area contributed by atoms with Crippen molar-refractivity contribution in [1.82, 2.24) is 9.88 Å². The summed E-state index contributed by atoms with van der Waals surface area (Å²) in [7, 11) is 1.85. The van der Waals surface area contributed by atoms with E-state index in [1.165, 1.54) is 0 Å². The molecule has 0 bridgehead atoms. The van der Waals surface area contributed by atoms with Crippen LogP contribution in [0.3, 0.4) is 0 Å². The van der Waals surface area contributed by atoms with Gasteiger partial charge in [0.1, 0.15) is 5.69 Å². The van der Waals surface area contributed by atoms with E-state index in [9.17, 15) is 4.79 Å². The molecule has 0 aliphatic heterocycles. The molecule has 1 aromatic rings. The molecule has 13 heavy (non-hydrogen) atoms. The van der Waals surface area contributed by atoms with Crippen LogP contribution in [0.1, 0.15) is 16.9 Å². The summed E-state index contributed by atoms with van der Waals surface area (Å²) >= 11 is 0. The van der Waals surface area contributed by atoms with Crippen LogP contribution >= 0.6 is 0 Å². The van der Waals surface area contributed by atoms with Crippen molar-refractivity contribution in [3.05, 3.63) is 36.7 Å². The van der Waals surface area contributed by atoms with Crippen LogP contribution in [0.15, 0.2) is 31.0 Å². The molecule has 0 aliphatic carbocycles. The highest BCUT2D eigenvalue weighted by molar-refractivity contribution is 5.92. The van der Waals surface area contributed by atoms with Gasteiger partial charge < -0.3 is 9.88 Å². The van der Waals surface area contributed by atoms with E-state index in [0.717, 1.165) is 6.42 Å². The SMILES string of the molecule is C=CCCNC(=O)c1cccn1C. The fourth-order valence-corrected chi connectivity index (χ4v) is 1.08. The van der Waals surface area contributed by atoms with Crippen LogP contribution in [0.25, 0.3) is 0 Å². The molecule has 1 heterocycles. The molecule has 3 heteroatoms. The van der Waals surface area contributed by atoms with E-state index in [1.54, 1.807) is 16.7 Å². The van der Waals surface area contributed by atoms with Crippen molar-refractivity contribution < 1.29 is 4.79 Å². The minimum absolute atomic E-state index is 0.0330. The van der Waals surface area contributed by atoms with Crippen molar-refractivity contribution in [3.63, 3.8) is 0 Å². The van der Waals surface area contributed by atoms with Gasteiger partial charge in [-0.2, -0.15) is 0 Å². The minimum atomic E-state index is -0.0330. The molecule has 70 valence electrons. The van der Waals surface area contributed by atoms with Crippen molar-refractivity contribution in [2.24, 2.45) is 7.05 Å². The summed E-state index contributed by atoms with van der Waals surface area (Å²) in [4.78, 5) is 11.4. The van der Waals surface area contributed by atoms with Crippen molar-refractivity contribution >= 4 is 5.91 Å². The van der Waals surface area contributed by atoms with Gasteiger partial charge in [0, 0.05) is 19.8 Å². The van der Waals surface area contributed by atoms with Gasteiger partial charge in [-0.05, 0) is 18.6 Å². The Morgan fingerprint density at radius 3 is 3.08 bits per heavy atom. The lowest BCUT2D eigenvalue weighted by molar-refractivity contribution is 0.0946. The highest BCUT2D eigenvalue weighted by Crippen LogP contribution is 1.98. The van der Waals surface area contributed by atoms with Crippen LogP contribution in [-0.4, -0.2) is 17.0 Å². The third-order valence-corrected chi connectivity index (χ3v) is 1.81. The quantitative estimate of drug-likeness (QED) is 0.547. The molecular formula is C10H14N2O. The number of carbonyl (C=O) groups is 1. The van der Waals surface area contributed by atoms with E-state index in [0.29, 0.717) is 12.2 Å². The van der Waals surface area contributed by atoms with Gasteiger partial charge >= 0.3 is 0 Å². The van der Waals surface area contributed by atoms with Gasteiger partial charge in [0.05, 0.1) is 0 Å². The first-order valence-electron chi connectivity index (χ1n) is 4.26. The number of amides is 1. The zero-order chi connectivity index (χ0) is 9.68. The minimum Gasteiger partial charge on any atom is -0.350 e. The number of nitrogens with zero attached hydrogens (tertiary/aromatic N) is 1. The molecule has 0 unspecified atom stereocenters. The summed E-state index contributed by atoms with van der Waals surface area (Å²) in [6.45, 7) is 4.23. The maximum atomic E-state index is 11.4. The van der Waals surface area contributed by atoms with Crippen molar-refractivity contribution in [1.29, 1.82) is 0 Å². The maximum absolute atomic E-state index is 11.4. The molecule has 1 rings (SSSR count). The van der Waals surface area contributed by atoms with Gasteiger partial charge in [-0.1, -0.05) is 6.08 Å². The lowest BCUT2D eigenvalue weighted by atomic mass is 10.3. The van der Waals surface area contributed by atoms with Crippen molar-refractivity contribution in [3.8, 4) is 0 Å². The van der Waals surface area contributed by atoms with Gasteiger partial charge in [-0.25, -0.2) is 0 Å². The smallest absolute Gasteiger partial charge is 0.267 e. The molecule has 0 radical (unpaired) electrons. The third-order valence-electron chi connectivity index (χ3n) is 1.81. The molecule has 3 nitrogen and oxygen atoms in total. The van der Waals surface area contributed by atoms with E-state index >= 15 is 0 Å². The van der Waals surface area contributed by atoms with Gasteiger partial charge in [-0.3, -0.25) is 4.79 Å². The first-order valence-corrected chi connectivity index (χ1v) is 4.26. The standard InChI is InChI=1S/C10H14N2O/c1-3-4-7-11-10(13)9-6-5-8-12(9)2/h3,5-6,8H,1,4,7H2,2H3,(H,11,13). The Hall–Kier alpha value is -1.51. The zero-order valence-corrected chi connectivity index (χ0v) is 7.79. The average Bonchev–Trinajstić information content (AvgIpc) is 2.52. The molecule has 0 atom stereocenters. The fourth-order valence-electron chi connectivity index (χ4n) is 1.08. The van der Waals surface area contributed by atoms with E-state index in [4.69, 9.17) is 0 Å². The van der Waals surface area contributed by atoms with Gasteiger partial charge in [-0.15, -0.1) is 6.58 Å². The van der Waals surface area contributed by atoms with Gasteiger partial charge in [0.25, 0.3) is 5.91 Å². The van der Waals surface area contributed by atoms with E-state index in [2.05, 4.69) is 11.9 Å². The molecule has 0 spiro atoms. The Morgan fingerprint density at radius 2 is 2.54 bits per heavy atom. The molecule has 1 N–H and O–H groups in total. The number of hydrogen-bond donors (Lipinski definition) is 1. The number of rotatable bonds is 4. The van der Waals surface area contributed by atoms with E-state index < -0.39 is 0 Å². The monoisotopic (exact) mass is 178 g/mol. The summed E-state index contributed by atoms with van der Waals surface area (Å²) in [5, 5.41) is 2.80. The normalized spacial score (nSPS) is 9.62. The second kappa shape index (κ2) is 4.50. The van der Waals surface area contributed by atoms with Crippen LogP contribution in [0.5, 0.6) is 0 Å². The summed E-state index contributed by atoms with van der Waals surface area (Å²) < 4.78 is 1.79. The topological polar surface area (TPSA) is 34.0 Å². The van der Waals surface area contributed by atoms with Crippen LogP contribution in [0.2, 0.25) is 0 Å². The van der Waals surface area contributed by atoms with Crippen LogP contribution in [0.4, 0.5) is 0 Å². The van der Waals surface area contributed by atoms with Crippen LogP contribution in [0, 0.1) is 0 Å². The summed E-state index contributed by atoms with van der Waals surface area (Å²) in [5.74, 6) is -0.0330. The number of nitrogens with one attached hydrogen (secondary N) is 1. The molecule has 1 aromatic heterocycles. The second-order valence-electron chi connectivity index (χ2n) is 2.84. The molecule has 0 saturated carbocycles. The predicted molar refractivity (Wildman–Crippen MR) is 52.6 cm³/mol. The Bertz CT molecular complexity index is 302. The second-order valence-corrected chi connectivity index (χ2v) is 2.84. The largest absolute Gasteiger partial charge is 0.350 e. The Labute approximate surface area is 78.1 Å². The Morgan fingerprint density at radius 1 is 1.77 bits per heavy atom. The average molecular weight is 178 g/mol. The summed E-state index contributed by atoms with van der Waals surface area (Å²) in [6.07, 6.45) is 4.43. The van der Waals surface area contributed by atoms with Crippen LogP contribution in [-0.2, 0) is 7.05 Å². The summed E-state index contributed by atoms with van der Waals surface area (Å²) in [5.41, 5.74) is 0.684. The highest BCUT2D eigenvalue weighted by Gasteiger charge is 2.06. The highest BCUT2D eigenvalue weighted by atomic mass is 16.1. The molecule has 0 saturated heterocycles. The number of aromatic nitrogens is 1. The number of hydrogen-bond acceptors (Lipinski definition) is 1. The Balaban J connectivity index is 2.49. The number of aryl methyl sites for hydroxylation is 1. The predicted octanol–water partition coefficient (Wildman–Crippen LogP) is 1.33. The first kappa shape index (κ1) is 9.58. The van der Waals surface area contributed by atoms with Crippen molar-refractivity contribution in [2.75, 3.05) is 6.54 Å². The maximum Gasteiger partial charge on any atom is 0.267 e. The summed E-state index contributed by atoms with van der Waals surface area (Å²) in [6, 6.07) is 3.64. The van der Waals surface area contributed by atoms with Crippen LogP contribution < -0.4 is 5.32 Å². The van der Waals surface area contributed by atoms with E-state index in [-0.39, 0.29) is 5.91 Å². The molecule has 0 aliphatic rings. The number of carbonyl (C=O) groups excluding carboxylic acids is 1. The molecule has 0 aromatic carbocycles. The van der Waals surface area contributed by atoms with Gasteiger partial charge in [0.2, 0.25) is 0 Å². The van der Waals surface area contributed by atoms with Gasteiger partial charge in [0.15, 0.2) is 0 Å². The Kier molecular flexibility index (Phi) is 3.31. The lowest BCUT2D eigenvalue weighted by Crippen LogP contribution is -2.25. The van der Waals surface area contributed by atoms with E-state index in [1.807, 2.05) is 19.3 Å². The zero-order valence-electron chi connectivity index (χ0n) is 7.79. The molecular weight excluding hydrogens is 164 g/mol. The molecule has 0 fully saturated rings.